The first-order valence-electron chi connectivity index (χ1n) is 7.36. The van der Waals surface area contributed by atoms with Gasteiger partial charge in [-0.15, -0.1) is 0 Å². The number of likely N-dealkylation sites (tertiary alicyclic amines) is 1. The molecule has 2 rings (SSSR count). The summed E-state index contributed by atoms with van der Waals surface area (Å²) < 4.78 is 0. The highest BCUT2D eigenvalue weighted by Crippen LogP contribution is 2.16. The lowest BCUT2D eigenvalue weighted by molar-refractivity contribution is 0.0827. The van der Waals surface area contributed by atoms with E-state index in [0.717, 1.165) is 29.9 Å². The van der Waals surface area contributed by atoms with E-state index in [0.29, 0.717) is 0 Å². The summed E-state index contributed by atoms with van der Waals surface area (Å²) in [5.74, 6) is 0.0608. The molecule has 4 heteroatoms. The number of nitrogens with zero attached hydrogens (tertiary/aromatic N) is 2. The highest BCUT2D eigenvalue weighted by molar-refractivity contribution is 5.96. The zero-order valence-corrected chi connectivity index (χ0v) is 12.8. The third-order valence-corrected chi connectivity index (χ3v) is 3.83. The average Bonchev–Trinajstić information content (AvgIpc) is 2.93. The number of rotatable bonds is 5. The van der Waals surface area contributed by atoms with E-state index in [4.69, 9.17) is 0 Å². The molecule has 0 bridgehead atoms. The maximum absolute atomic E-state index is 12.1. The highest BCUT2D eigenvalue weighted by atomic mass is 16.2. The lowest BCUT2D eigenvalue weighted by Crippen LogP contribution is -2.26. The molecule has 20 heavy (non-hydrogen) atoms. The maximum atomic E-state index is 12.1. The minimum absolute atomic E-state index is 0.0608. The van der Waals surface area contributed by atoms with Gasteiger partial charge in [-0.2, -0.15) is 0 Å². The van der Waals surface area contributed by atoms with Crippen LogP contribution in [0.2, 0.25) is 0 Å². The third-order valence-electron chi connectivity index (χ3n) is 3.83. The zero-order chi connectivity index (χ0) is 14.5. The predicted molar refractivity (Wildman–Crippen MR) is 83.4 cm³/mol. The van der Waals surface area contributed by atoms with E-state index in [1.807, 2.05) is 25.1 Å². The van der Waals surface area contributed by atoms with E-state index in [2.05, 4.69) is 10.2 Å². The Kier molecular flexibility index (Phi) is 5.01. The summed E-state index contributed by atoms with van der Waals surface area (Å²) in [5, 5.41) is 3.42. The lowest BCUT2D eigenvalue weighted by Gasteiger charge is -2.17. The van der Waals surface area contributed by atoms with Crippen molar-refractivity contribution in [3.8, 4) is 0 Å². The SMILES string of the molecule is Cc1ccc(NCCN2CCCC2)cc1C(=O)N(C)C. The Bertz CT molecular complexity index is 465. The van der Waals surface area contributed by atoms with Crippen LogP contribution >= 0.6 is 0 Å². The molecule has 1 amide bonds. The summed E-state index contributed by atoms with van der Waals surface area (Å²) >= 11 is 0. The minimum Gasteiger partial charge on any atom is -0.384 e. The fraction of sp³-hybridized carbons (Fsp3) is 0.562. The molecule has 110 valence electrons. The molecule has 1 aliphatic heterocycles. The molecule has 0 atom stereocenters. The number of hydrogen-bond acceptors (Lipinski definition) is 3. The molecule has 0 spiro atoms. The molecule has 1 heterocycles. The quantitative estimate of drug-likeness (QED) is 0.895. The second kappa shape index (κ2) is 6.75. The van der Waals surface area contributed by atoms with E-state index in [1.54, 1.807) is 19.0 Å². The Balaban J connectivity index is 1.94. The van der Waals surface area contributed by atoms with Crippen molar-refractivity contribution < 1.29 is 4.79 Å². The van der Waals surface area contributed by atoms with Gasteiger partial charge in [0.15, 0.2) is 0 Å². The number of aryl methyl sites for hydroxylation is 1. The Morgan fingerprint density at radius 2 is 2.00 bits per heavy atom. The molecule has 1 aromatic carbocycles. The van der Waals surface area contributed by atoms with Gasteiger partial charge in [0.25, 0.3) is 5.91 Å². The van der Waals surface area contributed by atoms with Crippen LogP contribution in [0.25, 0.3) is 0 Å². The molecule has 0 unspecified atom stereocenters. The smallest absolute Gasteiger partial charge is 0.253 e. The number of benzene rings is 1. The first-order valence-corrected chi connectivity index (χ1v) is 7.36. The van der Waals surface area contributed by atoms with Crippen LogP contribution in [0.5, 0.6) is 0 Å². The van der Waals surface area contributed by atoms with Crippen molar-refractivity contribution in [2.45, 2.75) is 19.8 Å². The van der Waals surface area contributed by atoms with Crippen LogP contribution in [0, 0.1) is 6.92 Å². The molecule has 1 aliphatic rings. The molecular weight excluding hydrogens is 250 g/mol. The summed E-state index contributed by atoms with van der Waals surface area (Å²) in [7, 11) is 3.57. The topological polar surface area (TPSA) is 35.6 Å². The monoisotopic (exact) mass is 275 g/mol. The van der Waals surface area contributed by atoms with Gasteiger partial charge in [-0.25, -0.2) is 0 Å². The van der Waals surface area contributed by atoms with Crippen molar-refractivity contribution in [3.05, 3.63) is 29.3 Å². The fourth-order valence-electron chi connectivity index (χ4n) is 2.57. The normalized spacial score (nSPS) is 15.3. The lowest BCUT2D eigenvalue weighted by atomic mass is 10.1. The van der Waals surface area contributed by atoms with Crippen molar-refractivity contribution in [1.82, 2.24) is 9.80 Å². The minimum atomic E-state index is 0.0608. The first-order chi connectivity index (χ1) is 9.58. The van der Waals surface area contributed by atoms with Crippen LogP contribution in [-0.2, 0) is 0 Å². The Morgan fingerprint density at radius 1 is 1.30 bits per heavy atom. The van der Waals surface area contributed by atoms with Gasteiger partial charge in [0.05, 0.1) is 0 Å². The van der Waals surface area contributed by atoms with Crippen LogP contribution in [0.1, 0.15) is 28.8 Å². The van der Waals surface area contributed by atoms with E-state index in [1.165, 1.54) is 25.9 Å². The summed E-state index contributed by atoms with van der Waals surface area (Å²) in [4.78, 5) is 16.2. The molecule has 0 aliphatic carbocycles. The highest BCUT2D eigenvalue weighted by Gasteiger charge is 2.13. The maximum Gasteiger partial charge on any atom is 0.253 e. The van der Waals surface area contributed by atoms with E-state index in [9.17, 15) is 4.79 Å². The van der Waals surface area contributed by atoms with Crippen molar-refractivity contribution in [2.75, 3.05) is 45.6 Å². The van der Waals surface area contributed by atoms with Gasteiger partial charge in [0.1, 0.15) is 0 Å². The van der Waals surface area contributed by atoms with Crippen LogP contribution in [0.3, 0.4) is 0 Å². The summed E-state index contributed by atoms with van der Waals surface area (Å²) in [5.41, 5.74) is 2.83. The third kappa shape index (κ3) is 3.73. The van der Waals surface area contributed by atoms with Crippen LogP contribution in [0.15, 0.2) is 18.2 Å². The molecule has 1 saturated heterocycles. The van der Waals surface area contributed by atoms with Gasteiger partial charge in [-0.1, -0.05) is 6.07 Å². The molecule has 1 fully saturated rings. The van der Waals surface area contributed by atoms with Crippen molar-refractivity contribution >= 4 is 11.6 Å². The summed E-state index contributed by atoms with van der Waals surface area (Å²) in [6.45, 7) is 6.42. The second-order valence-corrected chi connectivity index (χ2v) is 5.70. The summed E-state index contributed by atoms with van der Waals surface area (Å²) in [6.07, 6.45) is 2.65. The second-order valence-electron chi connectivity index (χ2n) is 5.70. The summed E-state index contributed by atoms with van der Waals surface area (Å²) in [6, 6.07) is 6.02. The van der Waals surface area contributed by atoms with Crippen LogP contribution in [0.4, 0.5) is 5.69 Å². The van der Waals surface area contributed by atoms with Gasteiger partial charge in [0, 0.05) is 38.4 Å². The van der Waals surface area contributed by atoms with Gasteiger partial charge in [-0.3, -0.25) is 4.79 Å². The van der Waals surface area contributed by atoms with Crippen LogP contribution in [-0.4, -0.2) is 56.0 Å². The van der Waals surface area contributed by atoms with Gasteiger partial charge in [0.2, 0.25) is 0 Å². The van der Waals surface area contributed by atoms with E-state index >= 15 is 0 Å². The molecule has 1 aromatic rings. The fourth-order valence-corrected chi connectivity index (χ4v) is 2.57. The van der Waals surface area contributed by atoms with Crippen molar-refractivity contribution in [3.63, 3.8) is 0 Å². The number of amides is 1. The van der Waals surface area contributed by atoms with E-state index in [-0.39, 0.29) is 5.91 Å². The van der Waals surface area contributed by atoms with Crippen molar-refractivity contribution in [1.29, 1.82) is 0 Å². The standard InChI is InChI=1S/C16H25N3O/c1-13-6-7-14(12-15(13)16(20)18(2)3)17-8-11-19-9-4-5-10-19/h6-7,12,17H,4-5,8-11H2,1-3H3. The number of hydrogen-bond donors (Lipinski definition) is 1. The Morgan fingerprint density at radius 3 is 2.65 bits per heavy atom. The number of carbonyl (C=O) groups is 1. The Labute approximate surface area is 121 Å². The molecule has 0 saturated carbocycles. The number of anilines is 1. The van der Waals surface area contributed by atoms with E-state index < -0.39 is 0 Å². The predicted octanol–water partition coefficient (Wildman–Crippen LogP) is 2.20. The molecule has 1 N–H and O–H groups in total. The molecule has 0 radical (unpaired) electrons. The first kappa shape index (κ1) is 14.9. The number of nitrogens with one attached hydrogen (secondary N) is 1. The van der Waals surface area contributed by atoms with Crippen molar-refractivity contribution in [2.24, 2.45) is 0 Å². The van der Waals surface area contributed by atoms with Crippen LogP contribution < -0.4 is 5.32 Å². The number of carbonyl (C=O) groups excluding carboxylic acids is 1. The molecule has 0 aromatic heterocycles. The average molecular weight is 275 g/mol. The van der Waals surface area contributed by atoms with Gasteiger partial charge < -0.3 is 15.1 Å². The zero-order valence-electron chi connectivity index (χ0n) is 12.8. The molecular formula is C16H25N3O. The Hall–Kier alpha value is -1.55. The molecule has 4 nitrogen and oxygen atoms in total. The van der Waals surface area contributed by atoms with Gasteiger partial charge >= 0.3 is 0 Å². The largest absolute Gasteiger partial charge is 0.384 e. The van der Waals surface area contributed by atoms with Gasteiger partial charge in [-0.05, 0) is 50.6 Å².